The van der Waals surface area contributed by atoms with Gasteiger partial charge in [-0.05, 0) is 55.2 Å². The number of aliphatic hydroxyl groups is 1. The number of aliphatic hydroxyl groups excluding tert-OH is 1. The van der Waals surface area contributed by atoms with Crippen LogP contribution in [0.15, 0.2) is 42.5 Å². The molecule has 0 radical (unpaired) electrons. The van der Waals surface area contributed by atoms with Gasteiger partial charge in [0.25, 0.3) is 5.91 Å². The average molecular weight is 457 g/mol. The summed E-state index contributed by atoms with van der Waals surface area (Å²) in [5.41, 5.74) is 7.15. The first kappa shape index (κ1) is 21.5. The van der Waals surface area contributed by atoms with Crippen LogP contribution in [0.5, 0.6) is 5.75 Å². The molecule has 1 atom stereocenters. The number of rotatable bonds is 5. The van der Waals surface area contributed by atoms with Gasteiger partial charge in [-0.3, -0.25) is 4.79 Å². The molecule has 2 aromatic carbocycles. The Kier molecular flexibility index (Phi) is 5.16. The first-order chi connectivity index (χ1) is 15.7. The molecule has 1 aliphatic heterocycles. The number of carbonyl (C=O) groups excluding carboxylic acids is 1. The highest BCUT2D eigenvalue weighted by atomic mass is 19.4. The van der Waals surface area contributed by atoms with E-state index in [4.69, 9.17) is 10.5 Å². The second-order valence-corrected chi connectivity index (χ2v) is 8.58. The monoisotopic (exact) mass is 457 g/mol. The Hall–Kier alpha value is -3.33. The highest BCUT2D eigenvalue weighted by Crippen LogP contribution is 2.42. The number of halogens is 3. The lowest BCUT2D eigenvalue weighted by molar-refractivity contribution is -0.137. The van der Waals surface area contributed by atoms with E-state index in [0.29, 0.717) is 40.1 Å². The van der Waals surface area contributed by atoms with Crippen LogP contribution >= 0.6 is 0 Å². The summed E-state index contributed by atoms with van der Waals surface area (Å²) in [5, 5.41) is 10.1. The van der Waals surface area contributed by atoms with Crippen LogP contribution in [0, 0.1) is 5.92 Å². The summed E-state index contributed by atoms with van der Waals surface area (Å²) in [7, 11) is 0. The first-order valence-electron chi connectivity index (χ1n) is 10.7. The van der Waals surface area contributed by atoms with Crippen LogP contribution in [0.25, 0.3) is 10.9 Å². The van der Waals surface area contributed by atoms with E-state index in [-0.39, 0.29) is 30.7 Å². The molecule has 2 heterocycles. The number of anilines is 1. The van der Waals surface area contributed by atoms with Crippen LogP contribution in [-0.4, -0.2) is 34.0 Å². The van der Waals surface area contributed by atoms with E-state index < -0.39 is 17.8 Å². The van der Waals surface area contributed by atoms with Crippen molar-refractivity contribution in [2.75, 3.05) is 18.9 Å². The molecule has 0 saturated heterocycles. The molecule has 5 rings (SSSR count). The molecular formula is C24H22F3N3O3. The molecular weight excluding hydrogens is 435 g/mol. The van der Waals surface area contributed by atoms with E-state index in [0.717, 1.165) is 25.0 Å². The normalized spacial score (nSPS) is 17.6. The molecule has 0 bridgehead atoms. The second-order valence-electron chi connectivity index (χ2n) is 8.58. The minimum absolute atomic E-state index is 0.107. The molecule has 6 nitrogen and oxygen atoms in total. The van der Waals surface area contributed by atoms with Gasteiger partial charge in [-0.25, -0.2) is 4.98 Å². The van der Waals surface area contributed by atoms with E-state index in [1.165, 1.54) is 6.07 Å². The molecule has 33 heavy (non-hydrogen) atoms. The molecule has 1 amide bonds. The van der Waals surface area contributed by atoms with Gasteiger partial charge in [0.1, 0.15) is 18.2 Å². The van der Waals surface area contributed by atoms with Crippen molar-refractivity contribution in [3.05, 3.63) is 64.7 Å². The Labute approximate surface area is 187 Å². The van der Waals surface area contributed by atoms with Crippen LogP contribution < -0.4 is 10.5 Å². The minimum Gasteiger partial charge on any atom is -0.491 e. The number of fused-ring (bicyclic) bond motifs is 2. The molecule has 2 aliphatic rings. The summed E-state index contributed by atoms with van der Waals surface area (Å²) >= 11 is 0. The number of ether oxygens (including phenoxy) is 1. The number of nitrogens with zero attached hydrogens (tertiary/aromatic N) is 2. The van der Waals surface area contributed by atoms with Crippen LogP contribution in [0.2, 0.25) is 0 Å². The fourth-order valence-corrected chi connectivity index (χ4v) is 4.22. The van der Waals surface area contributed by atoms with E-state index in [1.807, 2.05) is 0 Å². The molecule has 1 fully saturated rings. The lowest BCUT2D eigenvalue weighted by Gasteiger charge is -2.29. The van der Waals surface area contributed by atoms with Crippen LogP contribution in [0.3, 0.4) is 0 Å². The van der Waals surface area contributed by atoms with Crippen molar-refractivity contribution < 1.29 is 27.8 Å². The Bertz CT molecular complexity index is 1240. The van der Waals surface area contributed by atoms with E-state index in [2.05, 4.69) is 4.98 Å². The summed E-state index contributed by atoms with van der Waals surface area (Å²) in [6, 6.07) is 9.73. The average Bonchev–Trinajstić information content (AvgIpc) is 3.52. The van der Waals surface area contributed by atoms with Gasteiger partial charge in [0.15, 0.2) is 0 Å². The fraction of sp³-hybridized carbons (Fsp3) is 0.333. The van der Waals surface area contributed by atoms with E-state index in [1.54, 1.807) is 29.2 Å². The number of pyridine rings is 1. The van der Waals surface area contributed by atoms with Gasteiger partial charge in [-0.15, -0.1) is 0 Å². The van der Waals surface area contributed by atoms with Gasteiger partial charge < -0.3 is 20.5 Å². The largest absolute Gasteiger partial charge is 0.491 e. The number of hydrogen-bond acceptors (Lipinski definition) is 5. The molecule has 1 aromatic heterocycles. The first-order valence-corrected chi connectivity index (χ1v) is 10.7. The Morgan fingerprint density at radius 3 is 2.67 bits per heavy atom. The van der Waals surface area contributed by atoms with Gasteiger partial charge in [-0.1, -0.05) is 6.07 Å². The maximum Gasteiger partial charge on any atom is 0.416 e. The number of hydrogen-bond donors (Lipinski definition) is 2. The lowest BCUT2D eigenvalue weighted by atomic mass is 10.0. The third-order valence-electron chi connectivity index (χ3n) is 6.23. The smallest absolute Gasteiger partial charge is 0.416 e. The van der Waals surface area contributed by atoms with Crippen molar-refractivity contribution in [1.82, 2.24) is 9.88 Å². The van der Waals surface area contributed by atoms with Crippen molar-refractivity contribution in [3.63, 3.8) is 0 Å². The van der Waals surface area contributed by atoms with Gasteiger partial charge in [0.05, 0.1) is 23.7 Å². The molecule has 3 aromatic rings. The number of benzene rings is 2. The van der Waals surface area contributed by atoms with Gasteiger partial charge in [0.2, 0.25) is 0 Å². The fourth-order valence-electron chi connectivity index (χ4n) is 4.22. The second kappa shape index (κ2) is 7.91. The van der Waals surface area contributed by atoms with Crippen molar-refractivity contribution in [2.45, 2.75) is 31.7 Å². The summed E-state index contributed by atoms with van der Waals surface area (Å²) < 4.78 is 44.9. The van der Waals surface area contributed by atoms with Crippen LogP contribution in [-0.2, 0) is 12.8 Å². The van der Waals surface area contributed by atoms with E-state index in [9.17, 15) is 23.1 Å². The molecule has 9 heteroatoms. The Morgan fingerprint density at radius 1 is 1.18 bits per heavy atom. The van der Waals surface area contributed by atoms with Gasteiger partial charge >= 0.3 is 6.18 Å². The maximum absolute atomic E-state index is 13.6. The molecule has 3 N–H and O–H groups in total. The lowest BCUT2D eigenvalue weighted by Crippen LogP contribution is -2.37. The molecule has 1 aliphatic carbocycles. The quantitative estimate of drug-likeness (QED) is 0.596. The van der Waals surface area contributed by atoms with Gasteiger partial charge in [-0.2, -0.15) is 13.2 Å². The minimum atomic E-state index is -4.46. The number of nitrogens with two attached hydrogens (primary N) is 1. The van der Waals surface area contributed by atoms with Crippen molar-refractivity contribution in [3.8, 4) is 5.75 Å². The summed E-state index contributed by atoms with van der Waals surface area (Å²) in [6.07, 6.45) is -2.44. The van der Waals surface area contributed by atoms with E-state index >= 15 is 0 Å². The molecule has 1 saturated carbocycles. The SMILES string of the molecule is Nc1nc2ccc(C(=O)N(CC3CC3)C3COc4cc(C(F)(F)F)ccc43)cc2cc1CO. The standard InChI is InChI=1S/C24H22F3N3O3/c25-24(26,27)17-4-5-18-20(12-33-21(18)9-17)30(10-13-1-2-13)23(32)14-3-6-19-15(7-14)8-16(11-31)22(28)29-19/h3-9,13,20,31H,1-2,10-12H2,(H2,28,29). The van der Waals surface area contributed by atoms with Crippen LogP contribution in [0.1, 0.15) is 45.9 Å². The zero-order chi connectivity index (χ0) is 23.3. The number of carbonyl (C=O) groups is 1. The van der Waals surface area contributed by atoms with Gasteiger partial charge in [0, 0.05) is 28.6 Å². The van der Waals surface area contributed by atoms with Crippen molar-refractivity contribution in [1.29, 1.82) is 0 Å². The maximum atomic E-state index is 13.6. The summed E-state index contributed by atoms with van der Waals surface area (Å²) in [5.74, 6) is 0.537. The van der Waals surface area contributed by atoms with Crippen LogP contribution in [0.4, 0.5) is 19.0 Å². The number of alkyl halides is 3. The molecule has 1 unspecified atom stereocenters. The van der Waals surface area contributed by atoms with Crippen molar-refractivity contribution in [2.24, 2.45) is 5.92 Å². The topological polar surface area (TPSA) is 88.7 Å². The zero-order valence-electron chi connectivity index (χ0n) is 17.6. The number of amides is 1. The predicted molar refractivity (Wildman–Crippen MR) is 116 cm³/mol. The molecule has 0 spiro atoms. The predicted octanol–water partition coefficient (Wildman–Crippen LogP) is 4.31. The summed E-state index contributed by atoms with van der Waals surface area (Å²) in [4.78, 5) is 19.6. The molecule has 172 valence electrons. The zero-order valence-corrected chi connectivity index (χ0v) is 17.6. The highest BCUT2D eigenvalue weighted by molar-refractivity contribution is 5.98. The van der Waals surface area contributed by atoms with Crippen molar-refractivity contribution >= 4 is 22.6 Å². The highest BCUT2D eigenvalue weighted by Gasteiger charge is 2.39. The third kappa shape index (κ3) is 4.08. The Morgan fingerprint density at radius 2 is 1.97 bits per heavy atom. The number of nitrogen functional groups attached to an aromatic ring is 1. The third-order valence-corrected chi connectivity index (χ3v) is 6.23. The number of aromatic nitrogens is 1. The Balaban J connectivity index is 1.49. The summed E-state index contributed by atoms with van der Waals surface area (Å²) in [6.45, 7) is 0.347.